The Morgan fingerprint density at radius 1 is 0.744 bits per heavy atom. The molecule has 3 heterocycles. The number of anilines is 1. The first-order valence-corrected chi connectivity index (χ1v) is 13.7. The Morgan fingerprint density at radius 2 is 1.41 bits per heavy atom. The van der Waals surface area contributed by atoms with Crippen LogP contribution in [0, 0.1) is 0 Å². The summed E-state index contributed by atoms with van der Waals surface area (Å²) in [6.45, 7) is 0.188. The molecular weight excluding hydrogens is 486 g/mol. The quantitative estimate of drug-likeness (QED) is 0.319. The molecule has 5 heteroatoms. The molecule has 0 bridgehead atoms. The van der Waals surface area contributed by atoms with E-state index in [2.05, 4.69) is 24.3 Å². The number of carbonyl (C=O) groups excluding carboxylic acids is 2. The van der Waals surface area contributed by atoms with Crippen LogP contribution in [0.3, 0.4) is 0 Å². The SMILES string of the molecule is O=C1CC2(CCC2)Oc2cc3c(cc21)C1(CO3)C(=O)N(C(c2ccccc2)c2ccccc2)c2ccccc21. The Bertz CT molecular complexity index is 1600. The van der Waals surface area contributed by atoms with Gasteiger partial charge >= 0.3 is 0 Å². The summed E-state index contributed by atoms with van der Waals surface area (Å²) < 4.78 is 12.7. The second-order valence-electron chi connectivity index (χ2n) is 11.2. The lowest BCUT2D eigenvalue weighted by molar-refractivity contribution is -0.122. The molecule has 4 aliphatic rings. The number of amides is 1. The van der Waals surface area contributed by atoms with E-state index >= 15 is 0 Å². The highest BCUT2D eigenvalue weighted by Gasteiger charge is 2.59. The summed E-state index contributed by atoms with van der Waals surface area (Å²) in [7, 11) is 0. The van der Waals surface area contributed by atoms with E-state index < -0.39 is 5.41 Å². The van der Waals surface area contributed by atoms with Gasteiger partial charge in [-0.3, -0.25) is 14.5 Å². The molecule has 4 aromatic carbocycles. The van der Waals surface area contributed by atoms with E-state index in [1.807, 2.05) is 77.7 Å². The van der Waals surface area contributed by atoms with E-state index in [1.165, 1.54) is 0 Å². The number of hydrogen-bond acceptors (Lipinski definition) is 4. The normalized spacial score (nSPS) is 21.8. The third kappa shape index (κ3) is 3.07. The summed E-state index contributed by atoms with van der Waals surface area (Å²) in [4.78, 5) is 30.2. The maximum absolute atomic E-state index is 14.9. The molecule has 0 radical (unpaired) electrons. The maximum Gasteiger partial charge on any atom is 0.246 e. The van der Waals surface area contributed by atoms with Crippen molar-refractivity contribution in [2.24, 2.45) is 0 Å². The molecule has 3 aliphatic heterocycles. The maximum atomic E-state index is 14.9. The predicted molar refractivity (Wildman–Crippen MR) is 148 cm³/mol. The van der Waals surface area contributed by atoms with Crippen molar-refractivity contribution in [2.75, 3.05) is 11.5 Å². The fourth-order valence-corrected chi connectivity index (χ4v) is 6.98. The zero-order valence-corrected chi connectivity index (χ0v) is 21.4. The molecule has 8 rings (SSSR count). The van der Waals surface area contributed by atoms with Gasteiger partial charge < -0.3 is 9.47 Å². The molecule has 0 saturated heterocycles. The van der Waals surface area contributed by atoms with Gasteiger partial charge in [-0.25, -0.2) is 0 Å². The van der Waals surface area contributed by atoms with Gasteiger partial charge in [0.1, 0.15) is 29.1 Å². The highest BCUT2D eigenvalue weighted by Crippen LogP contribution is 2.57. The van der Waals surface area contributed by atoms with Gasteiger partial charge in [0.25, 0.3) is 0 Å². The summed E-state index contributed by atoms with van der Waals surface area (Å²) >= 11 is 0. The smallest absolute Gasteiger partial charge is 0.246 e. The van der Waals surface area contributed by atoms with Crippen LogP contribution < -0.4 is 14.4 Å². The van der Waals surface area contributed by atoms with E-state index in [1.54, 1.807) is 0 Å². The second-order valence-corrected chi connectivity index (χ2v) is 11.2. The van der Waals surface area contributed by atoms with Crippen molar-refractivity contribution in [2.45, 2.75) is 42.7 Å². The van der Waals surface area contributed by atoms with Crippen molar-refractivity contribution in [3.63, 3.8) is 0 Å². The third-order valence-electron chi connectivity index (χ3n) is 9.06. The summed E-state index contributed by atoms with van der Waals surface area (Å²) in [6.07, 6.45) is 3.29. The molecule has 39 heavy (non-hydrogen) atoms. The number of nitrogens with zero attached hydrogens (tertiary/aromatic N) is 1. The van der Waals surface area contributed by atoms with Crippen molar-refractivity contribution in [1.82, 2.24) is 0 Å². The van der Waals surface area contributed by atoms with E-state index in [0.717, 1.165) is 47.2 Å². The van der Waals surface area contributed by atoms with Gasteiger partial charge in [0, 0.05) is 17.3 Å². The highest BCUT2D eigenvalue weighted by molar-refractivity contribution is 6.13. The molecule has 1 unspecified atom stereocenters. The van der Waals surface area contributed by atoms with Crippen molar-refractivity contribution in [3.8, 4) is 11.5 Å². The van der Waals surface area contributed by atoms with Crippen LogP contribution >= 0.6 is 0 Å². The van der Waals surface area contributed by atoms with Gasteiger partial charge in [-0.05, 0) is 48.1 Å². The van der Waals surface area contributed by atoms with Crippen molar-refractivity contribution >= 4 is 17.4 Å². The van der Waals surface area contributed by atoms with Crippen LogP contribution in [-0.4, -0.2) is 23.9 Å². The van der Waals surface area contributed by atoms with Crippen LogP contribution in [-0.2, 0) is 10.2 Å². The molecule has 0 N–H and O–H groups in total. The van der Waals surface area contributed by atoms with Gasteiger partial charge in [-0.1, -0.05) is 78.9 Å². The molecule has 1 amide bonds. The number of carbonyl (C=O) groups is 2. The number of ketones is 1. The van der Waals surface area contributed by atoms with Crippen LogP contribution in [0.5, 0.6) is 11.5 Å². The van der Waals surface area contributed by atoms with Crippen molar-refractivity contribution < 1.29 is 19.1 Å². The van der Waals surface area contributed by atoms with E-state index in [-0.39, 0.29) is 29.9 Å². The summed E-state index contributed by atoms with van der Waals surface area (Å²) in [5, 5.41) is 0. The molecule has 5 nitrogen and oxygen atoms in total. The van der Waals surface area contributed by atoms with Crippen LogP contribution in [0.15, 0.2) is 97.1 Å². The van der Waals surface area contributed by atoms with Crippen LogP contribution in [0.4, 0.5) is 5.69 Å². The van der Waals surface area contributed by atoms with E-state index in [9.17, 15) is 9.59 Å². The number of hydrogen-bond donors (Lipinski definition) is 0. The molecule has 1 saturated carbocycles. The first-order valence-electron chi connectivity index (χ1n) is 13.7. The predicted octanol–water partition coefficient (Wildman–Crippen LogP) is 6.39. The molecule has 1 aliphatic carbocycles. The van der Waals surface area contributed by atoms with Crippen LogP contribution in [0.2, 0.25) is 0 Å². The number of benzene rings is 4. The number of Topliss-reactive ketones (excluding diaryl/α,β-unsaturated/α-hetero) is 1. The summed E-state index contributed by atoms with van der Waals surface area (Å²) in [5.41, 5.74) is 3.75. The molecule has 1 fully saturated rings. The monoisotopic (exact) mass is 513 g/mol. The van der Waals surface area contributed by atoms with Crippen molar-refractivity contribution in [1.29, 1.82) is 0 Å². The molecule has 0 aromatic heterocycles. The molecule has 2 spiro atoms. The van der Waals surface area contributed by atoms with Gasteiger partial charge in [0.2, 0.25) is 5.91 Å². The number of fused-ring (bicyclic) bond motifs is 5. The first-order chi connectivity index (χ1) is 19.1. The minimum Gasteiger partial charge on any atom is -0.491 e. The average Bonchev–Trinajstić information content (AvgIpc) is 3.44. The van der Waals surface area contributed by atoms with E-state index in [4.69, 9.17) is 9.47 Å². The molecular formula is C34H27NO4. The zero-order valence-electron chi connectivity index (χ0n) is 21.4. The van der Waals surface area contributed by atoms with Gasteiger partial charge in [-0.2, -0.15) is 0 Å². The van der Waals surface area contributed by atoms with Gasteiger partial charge in [0.05, 0.1) is 18.0 Å². The number of ether oxygens (including phenoxy) is 2. The van der Waals surface area contributed by atoms with Crippen LogP contribution in [0.1, 0.15) is 64.3 Å². The zero-order chi connectivity index (χ0) is 26.2. The van der Waals surface area contributed by atoms with E-state index in [0.29, 0.717) is 23.5 Å². The lowest BCUT2D eigenvalue weighted by Gasteiger charge is -2.44. The fourth-order valence-electron chi connectivity index (χ4n) is 6.98. The molecule has 4 aromatic rings. The summed E-state index contributed by atoms with van der Waals surface area (Å²) in [6, 6.07) is 31.7. The summed E-state index contributed by atoms with van der Waals surface area (Å²) in [5.74, 6) is 1.25. The number of rotatable bonds is 3. The van der Waals surface area contributed by atoms with Gasteiger partial charge in [0.15, 0.2) is 5.78 Å². The lowest BCUT2D eigenvalue weighted by Crippen LogP contribution is -2.47. The van der Waals surface area contributed by atoms with Crippen molar-refractivity contribution in [3.05, 3.63) is 125 Å². The lowest BCUT2D eigenvalue weighted by atomic mass is 9.72. The minimum absolute atomic E-state index is 0.0419. The Hall–Kier alpha value is -4.38. The largest absolute Gasteiger partial charge is 0.491 e. The third-order valence-corrected chi connectivity index (χ3v) is 9.06. The second kappa shape index (κ2) is 8.06. The Morgan fingerprint density at radius 3 is 2.08 bits per heavy atom. The van der Waals surface area contributed by atoms with Crippen LogP contribution in [0.25, 0.3) is 0 Å². The first kappa shape index (κ1) is 22.6. The average molecular weight is 514 g/mol. The fraction of sp³-hybridized carbons (Fsp3) is 0.235. The molecule has 192 valence electrons. The Labute approximate surface area is 227 Å². The molecule has 1 atom stereocenters. The number of para-hydroxylation sites is 1. The Balaban J connectivity index is 1.31. The Kier molecular flexibility index (Phi) is 4.67. The minimum atomic E-state index is -1.03. The topological polar surface area (TPSA) is 55.8 Å². The standard InChI is InChI=1S/C34H27NO4/c36-28-20-33(16-9-17-33)39-29-19-30-26(18-24(28)29)34(21-38-30)25-14-7-8-15-27(25)35(32(34)37)31(22-10-3-1-4-11-22)23-12-5-2-6-13-23/h1-8,10-15,18-19,31H,9,16-17,20-21H2. The highest BCUT2D eigenvalue weighted by atomic mass is 16.5. The van der Waals surface area contributed by atoms with Gasteiger partial charge in [-0.15, -0.1) is 0 Å².